The fourth-order valence-electron chi connectivity index (χ4n) is 2.11. The zero-order valence-corrected chi connectivity index (χ0v) is 11.8. The van der Waals surface area contributed by atoms with E-state index in [0.717, 1.165) is 19.3 Å². The van der Waals surface area contributed by atoms with Gasteiger partial charge in [-0.2, -0.15) is 5.26 Å². The Balaban J connectivity index is 2.08. The smallest absolute Gasteiger partial charge is 0.242 e. The molecule has 1 unspecified atom stereocenters. The van der Waals surface area contributed by atoms with Gasteiger partial charge in [0.05, 0.1) is 23.4 Å². The quantitative estimate of drug-likeness (QED) is 0.806. The van der Waals surface area contributed by atoms with Gasteiger partial charge in [-0.1, -0.05) is 0 Å². The van der Waals surface area contributed by atoms with Gasteiger partial charge in [0.1, 0.15) is 4.90 Å². The van der Waals surface area contributed by atoms with Crippen LogP contribution in [0, 0.1) is 11.3 Å². The fraction of sp³-hybridized carbons (Fsp3) is 0.462. The molecule has 1 aromatic carbocycles. The molecule has 0 spiro atoms. The Kier molecular flexibility index (Phi) is 4.60. The Bertz CT molecular complexity index is 616. The summed E-state index contributed by atoms with van der Waals surface area (Å²) in [6.45, 7) is 0.910. The van der Waals surface area contributed by atoms with Crippen LogP contribution in [-0.2, 0) is 14.8 Å². The summed E-state index contributed by atoms with van der Waals surface area (Å²) in [5, 5.41) is 8.74. The lowest BCUT2D eigenvalue weighted by Gasteiger charge is -2.22. The Hall–Kier alpha value is -1.62. The number of anilines is 1. The van der Waals surface area contributed by atoms with Crippen molar-refractivity contribution in [1.29, 1.82) is 5.26 Å². The minimum absolute atomic E-state index is 0.00712. The van der Waals surface area contributed by atoms with Crippen molar-refractivity contribution < 1.29 is 13.2 Å². The number of rotatable bonds is 4. The molecule has 0 radical (unpaired) electrons. The number of hydrogen-bond acceptors (Lipinski definition) is 5. The molecule has 0 amide bonds. The number of ether oxygens (including phenoxy) is 1. The summed E-state index contributed by atoms with van der Waals surface area (Å²) in [6.07, 6.45) is 2.83. The highest BCUT2D eigenvalue weighted by Crippen LogP contribution is 2.20. The lowest BCUT2D eigenvalue weighted by Crippen LogP contribution is -2.35. The van der Waals surface area contributed by atoms with Crippen molar-refractivity contribution in [2.45, 2.75) is 30.3 Å². The van der Waals surface area contributed by atoms with Crippen LogP contribution in [0.2, 0.25) is 0 Å². The van der Waals surface area contributed by atoms with Crippen molar-refractivity contribution in [3.8, 4) is 6.07 Å². The number of hydrogen-bond donors (Lipinski definition) is 2. The molecule has 2 rings (SSSR count). The van der Waals surface area contributed by atoms with Gasteiger partial charge >= 0.3 is 0 Å². The van der Waals surface area contributed by atoms with Crippen molar-refractivity contribution in [2.75, 3.05) is 18.9 Å². The van der Waals surface area contributed by atoms with Gasteiger partial charge in [-0.15, -0.1) is 0 Å². The number of nitriles is 1. The first-order valence-electron chi connectivity index (χ1n) is 6.44. The maximum Gasteiger partial charge on any atom is 0.242 e. The van der Waals surface area contributed by atoms with Crippen LogP contribution in [0.15, 0.2) is 23.1 Å². The number of nitrogens with two attached hydrogens (primary N) is 1. The predicted molar refractivity (Wildman–Crippen MR) is 74.3 cm³/mol. The van der Waals surface area contributed by atoms with E-state index in [1.165, 1.54) is 18.2 Å². The molecule has 20 heavy (non-hydrogen) atoms. The minimum Gasteiger partial charge on any atom is -0.398 e. The molecule has 7 heteroatoms. The van der Waals surface area contributed by atoms with E-state index in [9.17, 15) is 8.42 Å². The highest BCUT2D eigenvalue weighted by molar-refractivity contribution is 7.89. The molecular weight excluding hydrogens is 278 g/mol. The van der Waals surface area contributed by atoms with Crippen LogP contribution in [0.1, 0.15) is 24.8 Å². The lowest BCUT2D eigenvalue weighted by molar-refractivity contribution is 0.0200. The molecule has 0 aromatic heterocycles. The number of nitrogen functional groups attached to an aromatic ring is 1. The SMILES string of the molecule is N#Cc1ccc(S(=O)(=O)NCC2CCCCO2)c(N)c1. The predicted octanol–water partition coefficient (Wildman–Crippen LogP) is 0.988. The summed E-state index contributed by atoms with van der Waals surface area (Å²) < 4.78 is 32.3. The zero-order chi connectivity index (χ0) is 14.6. The monoisotopic (exact) mass is 295 g/mol. The molecule has 1 aliphatic heterocycles. The van der Waals surface area contributed by atoms with Crippen LogP contribution in [0.4, 0.5) is 5.69 Å². The van der Waals surface area contributed by atoms with Gasteiger partial charge in [-0.05, 0) is 37.5 Å². The second kappa shape index (κ2) is 6.22. The van der Waals surface area contributed by atoms with Crippen molar-refractivity contribution >= 4 is 15.7 Å². The maximum absolute atomic E-state index is 12.2. The van der Waals surface area contributed by atoms with Gasteiger partial charge in [0.25, 0.3) is 0 Å². The third-order valence-corrected chi connectivity index (χ3v) is 4.70. The lowest BCUT2D eigenvalue weighted by atomic mass is 10.1. The molecule has 0 bridgehead atoms. The topological polar surface area (TPSA) is 105 Å². The summed E-state index contributed by atoms with van der Waals surface area (Å²) in [5.41, 5.74) is 6.09. The van der Waals surface area contributed by atoms with E-state index in [4.69, 9.17) is 15.7 Å². The van der Waals surface area contributed by atoms with Crippen LogP contribution >= 0.6 is 0 Å². The molecule has 1 saturated heterocycles. The van der Waals surface area contributed by atoms with Gasteiger partial charge in [0.15, 0.2) is 0 Å². The second-order valence-corrected chi connectivity index (χ2v) is 6.44. The summed E-state index contributed by atoms with van der Waals surface area (Å²) in [6, 6.07) is 6.05. The molecule has 108 valence electrons. The van der Waals surface area contributed by atoms with Crippen LogP contribution < -0.4 is 10.5 Å². The molecule has 6 nitrogen and oxygen atoms in total. The molecule has 1 fully saturated rings. The third-order valence-electron chi connectivity index (χ3n) is 3.20. The van der Waals surface area contributed by atoms with E-state index in [0.29, 0.717) is 12.2 Å². The van der Waals surface area contributed by atoms with Gasteiger partial charge < -0.3 is 10.5 Å². The van der Waals surface area contributed by atoms with Crippen LogP contribution in [-0.4, -0.2) is 27.7 Å². The van der Waals surface area contributed by atoms with Crippen LogP contribution in [0.3, 0.4) is 0 Å². The van der Waals surface area contributed by atoms with E-state index < -0.39 is 10.0 Å². The van der Waals surface area contributed by atoms with Crippen molar-refractivity contribution in [1.82, 2.24) is 4.72 Å². The summed E-state index contributed by atoms with van der Waals surface area (Å²) in [7, 11) is -3.68. The van der Waals surface area contributed by atoms with E-state index >= 15 is 0 Å². The first-order valence-corrected chi connectivity index (χ1v) is 7.92. The maximum atomic E-state index is 12.2. The normalized spacial score (nSPS) is 19.4. The van der Waals surface area contributed by atoms with Gasteiger partial charge in [-0.3, -0.25) is 0 Å². The summed E-state index contributed by atoms with van der Waals surface area (Å²) in [5.74, 6) is 0. The van der Waals surface area contributed by atoms with Gasteiger partial charge in [0, 0.05) is 13.2 Å². The average molecular weight is 295 g/mol. The Morgan fingerprint density at radius 2 is 2.25 bits per heavy atom. The molecule has 1 heterocycles. The highest BCUT2D eigenvalue weighted by atomic mass is 32.2. The average Bonchev–Trinajstić information content (AvgIpc) is 2.46. The molecule has 1 atom stereocenters. The number of benzene rings is 1. The van der Waals surface area contributed by atoms with E-state index in [1.807, 2.05) is 6.07 Å². The van der Waals surface area contributed by atoms with E-state index in [2.05, 4.69) is 4.72 Å². The first-order chi connectivity index (χ1) is 9.53. The molecule has 3 N–H and O–H groups in total. The van der Waals surface area contributed by atoms with Gasteiger partial charge in [0.2, 0.25) is 10.0 Å². The largest absolute Gasteiger partial charge is 0.398 e. The first kappa shape index (κ1) is 14.8. The van der Waals surface area contributed by atoms with E-state index in [1.54, 1.807) is 0 Å². The van der Waals surface area contributed by atoms with Crippen molar-refractivity contribution in [2.24, 2.45) is 0 Å². The fourth-order valence-corrected chi connectivity index (χ4v) is 3.29. The minimum atomic E-state index is -3.68. The third kappa shape index (κ3) is 3.48. The Labute approximate surface area is 118 Å². The zero-order valence-electron chi connectivity index (χ0n) is 11.0. The van der Waals surface area contributed by atoms with Crippen molar-refractivity contribution in [3.05, 3.63) is 23.8 Å². The Morgan fingerprint density at radius 1 is 1.45 bits per heavy atom. The van der Waals surface area contributed by atoms with Crippen LogP contribution in [0.5, 0.6) is 0 Å². The number of sulfonamides is 1. The molecule has 1 aromatic rings. The second-order valence-electron chi connectivity index (χ2n) is 4.70. The summed E-state index contributed by atoms with van der Waals surface area (Å²) >= 11 is 0. The van der Waals surface area contributed by atoms with E-state index in [-0.39, 0.29) is 23.2 Å². The molecule has 1 aliphatic rings. The highest BCUT2D eigenvalue weighted by Gasteiger charge is 2.21. The molecular formula is C13H17N3O3S. The Morgan fingerprint density at radius 3 is 2.85 bits per heavy atom. The van der Waals surface area contributed by atoms with Crippen molar-refractivity contribution in [3.63, 3.8) is 0 Å². The standard InChI is InChI=1S/C13H17N3O3S/c14-8-10-4-5-13(12(15)7-10)20(17,18)16-9-11-3-1-2-6-19-11/h4-5,7,11,16H,1-3,6,9,15H2. The van der Waals surface area contributed by atoms with Crippen LogP contribution in [0.25, 0.3) is 0 Å². The molecule has 0 aliphatic carbocycles. The summed E-state index contributed by atoms with van der Waals surface area (Å²) in [4.78, 5) is -0.00712. The molecule has 0 saturated carbocycles. The van der Waals surface area contributed by atoms with Gasteiger partial charge in [-0.25, -0.2) is 13.1 Å². The number of nitrogens with one attached hydrogen (secondary N) is 1. The number of nitrogens with zero attached hydrogens (tertiary/aromatic N) is 1.